The van der Waals surface area contributed by atoms with Crippen LogP contribution in [-0.4, -0.2) is 49.1 Å². The van der Waals surface area contributed by atoms with Gasteiger partial charge in [0, 0.05) is 19.1 Å². The second-order valence-corrected chi connectivity index (χ2v) is 6.66. The number of hydrogen-bond acceptors (Lipinski definition) is 3. The lowest BCUT2D eigenvalue weighted by molar-refractivity contribution is -0.124. The number of nitrogens with zero attached hydrogens (tertiary/aromatic N) is 1. The van der Waals surface area contributed by atoms with Gasteiger partial charge in [-0.1, -0.05) is 13.3 Å². The van der Waals surface area contributed by atoms with Crippen molar-refractivity contribution in [3.63, 3.8) is 0 Å². The summed E-state index contributed by atoms with van der Waals surface area (Å²) in [4.78, 5) is 14.6. The van der Waals surface area contributed by atoms with E-state index in [4.69, 9.17) is 0 Å². The quantitative estimate of drug-likeness (QED) is 0.755. The Morgan fingerprint density at radius 3 is 2.90 bits per heavy atom. The molecule has 0 bridgehead atoms. The predicted molar refractivity (Wildman–Crippen MR) is 82.7 cm³/mol. The second-order valence-electron chi connectivity index (χ2n) is 6.66. The largest absolute Gasteiger partial charge is 0.355 e. The van der Waals surface area contributed by atoms with Crippen LogP contribution in [0.1, 0.15) is 52.4 Å². The van der Waals surface area contributed by atoms with Crippen LogP contribution in [0.3, 0.4) is 0 Å². The molecule has 116 valence electrons. The van der Waals surface area contributed by atoms with Gasteiger partial charge in [-0.2, -0.15) is 0 Å². The molecule has 3 atom stereocenters. The Balaban J connectivity index is 1.59. The normalized spacial score (nSPS) is 32.0. The molecule has 4 heteroatoms. The van der Waals surface area contributed by atoms with Gasteiger partial charge in [-0.05, 0) is 58.0 Å². The molecule has 0 radical (unpaired) electrons. The van der Waals surface area contributed by atoms with Crippen molar-refractivity contribution in [2.45, 2.75) is 64.5 Å². The fourth-order valence-electron chi connectivity index (χ4n) is 3.41. The van der Waals surface area contributed by atoms with E-state index in [0.717, 1.165) is 38.5 Å². The van der Waals surface area contributed by atoms with E-state index in [0.29, 0.717) is 5.92 Å². The monoisotopic (exact) mass is 281 g/mol. The first-order chi connectivity index (χ1) is 9.66. The Morgan fingerprint density at radius 2 is 2.15 bits per heavy atom. The third-order valence-corrected chi connectivity index (χ3v) is 4.84. The number of amides is 1. The van der Waals surface area contributed by atoms with E-state index in [2.05, 4.69) is 29.4 Å². The van der Waals surface area contributed by atoms with Gasteiger partial charge in [-0.15, -0.1) is 0 Å². The maximum Gasteiger partial charge on any atom is 0.237 e. The molecule has 2 fully saturated rings. The van der Waals surface area contributed by atoms with Crippen LogP contribution in [0.2, 0.25) is 0 Å². The molecule has 2 aliphatic heterocycles. The highest BCUT2D eigenvalue weighted by Crippen LogP contribution is 2.16. The van der Waals surface area contributed by atoms with Gasteiger partial charge in [0.15, 0.2) is 0 Å². The molecule has 2 aliphatic rings. The smallest absolute Gasteiger partial charge is 0.237 e. The molecule has 4 nitrogen and oxygen atoms in total. The van der Waals surface area contributed by atoms with Gasteiger partial charge >= 0.3 is 0 Å². The molecular weight excluding hydrogens is 250 g/mol. The van der Waals surface area contributed by atoms with Crippen molar-refractivity contribution in [3.8, 4) is 0 Å². The topological polar surface area (TPSA) is 44.4 Å². The van der Waals surface area contributed by atoms with E-state index < -0.39 is 0 Å². The van der Waals surface area contributed by atoms with E-state index in [1.807, 2.05) is 0 Å². The zero-order valence-corrected chi connectivity index (χ0v) is 13.2. The maximum atomic E-state index is 12.1. The molecule has 1 amide bonds. The second kappa shape index (κ2) is 7.99. The lowest BCUT2D eigenvalue weighted by atomic mass is 9.94. The van der Waals surface area contributed by atoms with Gasteiger partial charge in [-0.3, -0.25) is 4.79 Å². The first-order valence-corrected chi connectivity index (χ1v) is 8.42. The summed E-state index contributed by atoms with van der Waals surface area (Å²) in [5.74, 6) is 0.865. The highest BCUT2D eigenvalue weighted by atomic mass is 16.2. The summed E-state index contributed by atoms with van der Waals surface area (Å²) < 4.78 is 0. The average Bonchev–Trinajstić information content (AvgIpc) is 2.45. The summed E-state index contributed by atoms with van der Waals surface area (Å²) in [7, 11) is 0. The van der Waals surface area contributed by atoms with Crippen LogP contribution >= 0.6 is 0 Å². The van der Waals surface area contributed by atoms with Crippen molar-refractivity contribution in [2.24, 2.45) is 5.92 Å². The van der Waals surface area contributed by atoms with Gasteiger partial charge in [-0.25, -0.2) is 0 Å². The molecule has 0 aromatic heterocycles. The van der Waals surface area contributed by atoms with Gasteiger partial charge in [0.1, 0.15) is 0 Å². The Bertz CT molecular complexity index is 308. The predicted octanol–water partition coefficient (Wildman–Crippen LogP) is 1.76. The lowest BCUT2D eigenvalue weighted by Gasteiger charge is -2.33. The molecule has 0 aromatic carbocycles. The van der Waals surface area contributed by atoms with Crippen LogP contribution in [0, 0.1) is 5.92 Å². The number of carbonyl (C=O) groups excluding carboxylic acids is 1. The Hall–Kier alpha value is -0.610. The lowest BCUT2D eigenvalue weighted by Crippen LogP contribution is -2.49. The van der Waals surface area contributed by atoms with E-state index in [1.165, 1.54) is 32.2 Å². The molecule has 0 aromatic rings. The summed E-state index contributed by atoms with van der Waals surface area (Å²) in [6.07, 6.45) is 7.28. The maximum absolute atomic E-state index is 12.1. The van der Waals surface area contributed by atoms with Gasteiger partial charge in [0.2, 0.25) is 5.91 Å². The SMILES string of the molecule is CC1CCNC(C(=O)NCCCN2CCCCC2C)C1. The minimum absolute atomic E-state index is 0.0349. The Kier molecular flexibility index (Phi) is 6.30. The zero-order chi connectivity index (χ0) is 14.4. The standard InChI is InChI=1S/C16H31N3O/c1-13-7-9-17-15(12-13)16(20)18-8-5-11-19-10-4-3-6-14(19)2/h13-15,17H,3-12H2,1-2H3,(H,18,20). The molecule has 2 rings (SSSR count). The summed E-state index contributed by atoms with van der Waals surface area (Å²) in [6.45, 7) is 8.70. The van der Waals surface area contributed by atoms with Gasteiger partial charge in [0.05, 0.1) is 6.04 Å². The van der Waals surface area contributed by atoms with E-state index in [9.17, 15) is 4.79 Å². The first-order valence-electron chi connectivity index (χ1n) is 8.42. The molecule has 20 heavy (non-hydrogen) atoms. The van der Waals surface area contributed by atoms with Crippen LogP contribution in [-0.2, 0) is 4.79 Å². The molecule has 0 spiro atoms. The minimum Gasteiger partial charge on any atom is -0.355 e. The van der Waals surface area contributed by atoms with Gasteiger partial charge in [0.25, 0.3) is 0 Å². The molecule has 2 N–H and O–H groups in total. The highest BCUT2D eigenvalue weighted by Gasteiger charge is 2.24. The molecule has 2 heterocycles. The molecule has 0 saturated carbocycles. The van der Waals surface area contributed by atoms with Crippen LogP contribution in [0.4, 0.5) is 0 Å². The molecule has 0 aliphatic carbocycles. The van der Waals surface area contributed by atoms with Gasteiger partial charge < -0.3 is 15.5 Å². The fourth-order valence-corrected chi connectivity index (χ4v) is 3.41. The van der Waals surface area contributed by atoms with Crippen LogP contribution in [0.5, 0.6) is 0 Å². The van der Waals surface area contributed by atoms with E-state index in [1.54, 1.807) is 0 Å². The molecule has 3 unspecified atom stereocenters. The summed E-state index contributed by atoms with van der Waals surface area (Å²) in [5.41, 5.74) is 0. The van der Waals surface area contributed by atoms with Crippen LogP contribution in [0.15, 0.2) is 0 Å². The summed E-state index contributed by atoms with van der Waals surface area (Å²) >= 11 is 0. The summed E-state index contributed by atoms with van der Waals surface area (Å²) in [5, 5.41) is 6.42. The highest BCUT2D eigenvalue weighted by molar-refractivity contribution is 5.81. The van der Waals surface area contributed by atoms with Crippen molar-refractivity contribution >= 4 is 5.91 Å². The number of hydrogen-bond donors (Lipinski definition) is 2. The van der Waals surface area contributed by atoms with Crippen molar-refractivity contribution in [1.82, 2.24) is 15.5 Å². The Morgan fingerprint density at radius 1 is 1.30 bits per heavy atom. The number of carbonyl (C=O) groups is 1. The summed E-state index contributed by atoms with van der Waals surface area (Å²) in [6, 6.07) is 0.757. The first kappa shape index (κ1) is 15.8. The number of likely N-dealkylation sites (tertiary alicyclic amines) is 1. The third kappa shape index (κ3) is 4.74. The fraction of sp³-hybridized carbons (Fsp3) is 0.938. The Labute approximate surface area is 123 Å². The number of piperidine rings is 2. The molecule has 2 saturated heterocycles. The number of nitrogens with one attached hydrogen (secondary N) is 2. The van der Waals surface area contributed by atoms with E-state index >= 15 is 0 Å². The van der Waals surface area contributed by atoms with Crippen molar-refractivity contribution in [1.29, 1.82) is 0 Å². The van der Waals surface area contributed by atoms with Crippen LogP contribution < -0.4 is 10.6 Å². The number of rotatable bonds is 5. The van der Waals surface area contributed by atoms with Crippen molar-refractivity contribution < 1.29 is 4.79 Å². The zero-order valence-electron chi connectivity index (χ0n) is 13.2. The van der Waals surface area contributed by atoms with Crippen molar-refractivity contribution in [3.05, 3.63) is 0 Å². The van der Waals surface area contributed by atoms with E-state index in [-0.39, 0.29) is 11.9 Å². The van der Waals surface area contributed by atoms with Crippen LogP contribution in [0.25, 0.3) is 0 Å². The average molecular weight is 281 g/mol. The van der Waals surface area contributed by atoms with Crippen molar-refractivity contribution in [2.75, 3.05) is 26.2 Å². The molecular formula is C16H31N3O. The third-order valence-electron chi connectivity index (χ3n) is 4.84. The minimum atomic E-state index is 0.0349.